The molecule has 0 spiro atoms. The maximum atomic E-state index is 13.4. The summed E-state index contributed by atoms with van der Waals surface area (Å²) in [6.45, 7) is 1.97. The van der Waals surface area contributed by atoms with Gasteiger partial charge in [-0.25, -0.2) is 8.78 Å². The number of ketones is 1. The second kappa shape index (κ2) is 5.97. The first kappa shape index (κ1) is 13.7. The van der Waals surface area contributed by atoms with E-state index in [-0.39, 0.29) is 11.3 Å². The van der Waals surface area contributed by atoms with Gasteiger partial charge in [-0.05, 0) is 31.2 Å². The molecule has 0 atom stereocenters. The number of hydrogen-bond donors (Lipinski definition) is 0. The molecule has 2 aromatic rings. The van der Waals surface area contributed by atoms with Gasteiger partial charge in [0.25, 0.3) is 0 Å². The quantitative estimate of drug-likeness (QED) is 0.614. The van der Waals surface area contributed by atoms with Gasteiger partial charge in [-0.1, -0.05) is 23.8 Å². The van der Waals surface area contributed by atoms with Crippen LogP contribution in [0.25, 0.3) is 0 Å². The number of halogens is 2. The second-order valence-corrected chi connectivity index (χ2v) is 5.18. The van der Waals surface area contributed by atoms with E-state index in [0.29, 0.717) is 0 Å². The Morgan fingerprint density at radius 1 is 1.11 bits per heavy atom. The van der Waals surface area contributed by atoms with Gasteiger partial charge in [0.1, 0.15) is 0 Å². The summed E-state index contributed by atoms with van der Waals surface area (Å²) in [5.74, 6) is -2.39. The van der Waals surface area contributed by atoms with Gasteiger partial charge in [0.15, 0.2) is 17.4 Å². The van der Waals surface area contributed by atoms with E-state index < -0.39 is 17.4 Å². The molecule has 0 aromatic heterocycles. The van der Waals surface area contributed by atoms with Crippen LogP contribution in [0.15, 0.2) is 47.4 Å². The van der Waals surface area contributed by atoms with Crippen LogP contribution >= 0.6 is 11.8 Å². The molecule has 0 bridgehead atoms. The summed E-state index contributed by atoms with van der Waals surface area (Å²) in [6, 6.07) is 11.3. The van der Waals surface area contributed by atoms with Crippen LogP contribution in [0.3, 0.4) is 0 Å². The molecule has 0 heterocycles. The number of rotatable bonds is 4. The summed E-state index contributed by atoms with van der Waals surface area (Å²) in [5.41, 5.74) is 0.937. The standard InChI is InChI=1S/C15H12F2OS/c1-10-5-7-11(8-6-10)19-9-14(18)12-3-2-4-13(16)15(12)17/h2-8H,9H2,1H3. The third-order valence-electron chi connectivity index (χ3n) is 2.64. The fourth-order valence-corrected chi connectivity index (χ4v) is 2.36. The molecular formula is C15H12F2OS. The molecule has 4 heteroatoms. The third kappa shape index (κ3) is 3.41. The second-order valence-electron chi connectivity index (χ2n) is 4.13. The van der Waals surface area contributed by atoms with Gasteiger partial charge >= 0.3 is 0 Å². The molecule has 0 N–H and O–H groups in total. The summed E-state index contributed by atoms with van der Waals surface area (Å²) < 4.78 is 26.4. The van der Waals surface area contributed by atoms with Crippen molar-refractivity contribution in [1.82, 2.24) is 0 Å². The Morgan fingerprint density at radius 3 is 2.47 bits per heavy atom. The molecule has 2 rings (SSSR count). The number of thioether (sulfide) groups is 1. The van der Waals surface area contributed by atoms with Crippen LogP contribution < -0.4 is 0 Å². The van der Waals surface area contributed by atoms with Gasteiger partial charge in [0.05, 0.1) is 11.3 Å². The predicted molar refractivity (Wildman–Crippen MR) is 72.6 cm³/mol. The van der Waals surface area contributed by atoms with Crippen LogP contribution in [0, 0.1) is 18.6 Å². The van der Waals surface area contributed by atoms with Crippen molar-refractivity contribution < 1.29 is 13.6 Å². The van der Waals surface area contributed by atoms with E-state index in [2.05, 4.69) is 0 Å². The van der Waals surface area contributed by atoms with Crippen LogP contribution in [0.4, 0.5) is 8.78 Å². The van der Waals surface area contributed by atoms with Crippen LogP contribution in [0.5, 0.6) is 0 Å². The molecule has 0 aliphatic carbocycles. The molecular weight excluding hydrogens is 266 g/mol. The fourth-order valence-electron chi connectivity index (χ4n) is 1.58. The predicted octanol–water partition coefficient (Wildman–Crippen LogP) is 4.25. The first-order valence-electron chi connectivity index (χ1n) is 5.74. The van der Waals surface area contributed by atoms with Crippen molar-refractivity contribution in [1.29, 1.82) is 0 Å². The van der Waals surface area contributed by atoms with Crippen molar-refractivity contribution in [3.8, 4) is 0 Å². The number of carbonyl (C=O) groups is 1. The summed E-state index contributed by atoms with van der Waals surface area (Å²) in [4.78, 5) is 12.8. The smallest absolute Gasteiger partial charge is 0.176 e. The molecule has 0 fully saturated rings. The minimum atomic E-state index is -1.07. The Bertz CT molecular complexity index is 594. The van der Waals surface area contributed by atoms with Gasteiger partial charge < -0.3 is 0 Å². The first-order valence-corrected chi connectivity index (χ1v) is 6.73. The van der Waals surface area contributed by atoms with E-state index in [9.17, 15) is 13.6 Å². The minimum absolute atomic E-state index is 0.0867. The lowest BCUT2D eigenvalue weighted by Gasteiger charge is -2.04. The highest BCUT2D eigenvalue weighted by atomic mass is 32.2. The van der Waals surface area contributed by atoms with Crippen molar-refractivity contribution in [2.75, 3.05) is 5.75 Å². The third-order valence-corrected chi connectivity index (χ3v) is 3.65. The Morgan fingerprint density at radius 2 is 1.79 bits per heavy atom. The largest absolute Gasteiger partial charge is 0.293 e. The molecule has 0 amide bonds. The lowest BCUT2D eigenvalue weighted by Crippen LogP contribution is -2.06. The highest BCUT2D eigenvalue weighted by Gasteiger charge is 2.14. The Hall–Kier alpha value is -1.68. The van der Waals surface area contributed by atoms with E-state index >= 15 is 0 Å². The maximum absolute atomic E-state index is 13.4. The number of Topliss-reactive ketones (excluding diaryl/α,β-unsaturated/α-hetero) is 1. The summed E-state index contributed by atoms with van der Waals surface area (Å²) >= 11 is 1.31. The van der Waals surface area contributed by atoms with E-state index in [0.717, 1.165) is 16.5 Å². The number of aryl methyl sites for hydroxylation is 1. The number of hydrogen-bond acceptors (Lipinski definition) is 2. The van der Waals surface area contributed by atoms with Crippen molar-refractivity contribution in [3.63, 3.8) is 0 Å². The lowest BCUT2D eigenvalue weighted by molar-refractivity contribution is 0.101. The van der Waals surface area contributed by atoms with E-state index in [4.69, 9.17) is 0 Å². The summed E-state index contributed by atoms with van der Waals surface area (Å²) in [5, 5.41) is 0. The van der Waals surface area contributed by atoms with Gasteiger partial charge in [-0.15, -0.1) is 11.8 Å². The van der Waals surface area contributed by atoms with E-state index in [1.807, 2.05) is 31.2 Å². The normalized spacial score (nSPS) is 10.5. The molecule has 2 aromatic carbocycles. The Balaban J connectivity index is 2.05. The molecule has 0 radical (unpaired) electrons. The fraction of sp³-hybridized carbons (Fsp3) is 0.133. The average Bonchev–Trinajstić information content (AvgIpc) is 2.41. The van der Waals surface area contributed by atoms with Crippen molar-refractivity contribution >= 4 is 17.5 Å². The zero-order valence-corrected chi connectivity index (χ0v) is 11.1. The molecule has 19 heavy (non-hydrogen) atoms. The SMILES string of the molecule is Cc1ccc(SCC(=O)c2cccc(F)c2F)cc1. The average molecular weight is 278 g/mol. The molecule has 98 valence electrons. The Kier molecular flexibility index (Phi) is 4.32. The lowest BCUT2D eigenvalue weighted by atomic mass is 10.1. The molecule has 0 aliphatic heterocycles. The molecule has 0 saturated heterocycles. The Labute approximate surface area is 114 Å². The molecule has 0 saturated carbocycles. The topological polar surface area (TPSA) is 17.1 Å². The zero-order valence-electron chi connectivity index (χ0n) is 10.3. The monoisotopic (exact) mass is 278 g/mol. The maximum Gasteiger partial charge on any atom is 0.176 e. The van der Waals surface area contributed by atoms with Crippen molar-refractivity contribution in [2.45, 2.75) is 11.8 Å². The van der Waals surface area contributed by atoms with Crippen LogP contribution in [-0.4, -0.2) is 11.5 Å². The number of benzene rings is 2. The van der Waals surface area contributed by atoms with Crippen LogP contribution in [0.2, 0.25) is 0 Å². The summed E-state index contributed by atoms with van der Waals surface area (Å²) in [6.07, 6.45) is 0. The van der Waals surface area contributed by atoms with Crippen molar-refractivity contribution in [3.05, 3.63) is 65.2 Å². The van der Waals surface area contributed by atoms with Gasteiger partial charge in [0.2, 0.25) is 0 Å². The van der Waals surface area contributed by atoms with Gasteiger partial charge in [-0.2, -0.15) is 0 Å². The zero-order chi connectivity index (χ0) is 13.8. The molecule has 0 aliphatic rings. The van der Waals surface area contributed by atoms with E-state index in [1.165, 1.54) is 23.9 Å². The van der Waals surface area contributed by atoms with Gasteiger partial charge in [0, 0.05) is 4.90 Å². The summed E-state index contributed by atoms with van der Waals surface area (Å²) in [7, 11) is 0. The van der Waals surface area contributed by atoms with E-state index in [1.54, 1.807) is 0 Å². The van der Waals surface area contributed by atoms with Crippen LogP contribution in [0.1, 0.15) is 15.9 Å². The minimum Gasteiger partial charge on any atom is -0.293 e. The first-order chi connectivity index (χ1) is 9.08. The molecule has 0 unspecified atom stereocenters. The van der Waals surface area contributed by atoms with Gasteiger partial charge in [-0.3, -0.25) is 4.79 Å². The van der Waals surface area contributed by atoms with Crippen LogP contribution in [-0.2, 0) is 0 Å². The number of carbonyl (C=O) groups excluding carboxylic acids is 1. The molecule has 1 nitrogen and oxygen atoms in total. The highest BCUT2D eigenvalue weighted by Crippen LogP contribution is 2.21. The van der Waals surface area contributed by atoms with Crippen molar-refractivity contribution in [2.24, 2.45) is 0 Å². The highest BCUT2D eigenvalue weighted by molar-refractivity contribution is 8.00.